The van der Waals surface area contributed by atoms with Crippen LogP contribution in [0.3, 0.4) is 0 Å². The summed E-state index contributed by atoms with van der Waals surface area (Å²) in [6.45, 7) is 1.51. The molecule has 1 spiro atoms. The minimum atomic E-state index is -1.53. The van der Waals surface area contributed by atoms with Crippen molar-refractivity contribution in [3.8, 4) is 11.5 Å². The first-order chi connectivity index (χ1) is 17.8. The molecule has 0 bridgehead atoms. The first-order valence-corrected chi connectivity index (χ1v) is 12.4. The summed E-state index contributed by atoms with van der Waals surface area (Å²) in [6.07, 6.45) is 3.76. The van der Waals surface area contributed by atoms with Crippen molar-refractivity contribution in [2.24, 2.45) is 5.41 Å². The maximum atomic E-state index is 14.4. The van der Waals surface area contributed by atoms with Crippen LogP contribution in [0.15, 0.2) is 66.7 Å². The van der Waals surface area contributed by atoms with E-state index in [2.05, 4.69) is 0 Å². The van der Waals surface area contributed by atoms with E-state index >= 15 is 0 Å². The van der Waals surface area contributed by atoms with Gasteiger partial charge in [-0.05, 0) is 48.4 Å². The topological polar surface area (TPSA) is 72.9 Å². The number of ether oxygens (including phenoxy) is 2. The molecule has 3 aromatic rings. The van der Waals surface area contributed by atoms with Crippen LogP contribution in [0.4, 0.5) is 5.69 Å². The SMILES string of the molecule is COc1ccc([C@H]2[C@H](C(C)=O)N3c4ccc(Cl)cc4C=C[C@@H]3C23C(=O)c2ccccc2C3=O)cc1OC. The third kappa shape index (κ3) is 3.02. The molecule has 0 N–H and O–H groups in total. The van der Waals surface area contributed by atoms with Gasteiger partial charge in [-0.2, -0.15) is 0 Å². The summed E-state index contributed by atoms with van der Waals surface area (Å²) in [7, 11) is 3.07. The molecule has 186 valence electrons. The minimum Gasteiger partial charge on any atom is -0.493 e. The van der Waals surface area contributed by atoms with Crippen LogP contribution in [0.2, 0.25) is 5.02 Å². The van der Waals surface area contributed by atoms with Crippen LogP contribution in [0.5, 0.6) is 11.5 Å². The molecule has 2 heterocycles. The zero-order valence-electron chi connectivity index (χ0n) is 20.5. The maximum Gasteiger partial charge on any atom is 0.180 e. The van der Waals surface area contributed by atoms with Crippen molar-refractivity contribution in [3.63, 3.8) is 0 Å². The summed E-state index contributed by atoms with van der Waals surface area (Å²) in [5.74, 6) is -0.478. The summed E-state index contributed by atoms with van der Waals surface area (Å²) >= 11 is 6.28. The number of methoxy groups -OCH3 is 2. The fourth-order valence-corrected chi connectivity index (χ4v) is 6.70. The fraction of sp³-hybridized carbons (Fsp3) is 0.233. The smallest absolute Gasteiger partial charge is 0.180 e. The Kier molecular flexibility index (Phi) is 5.28. The normalized spacial score (nSPS) is 22.6. The molecule has 2 aliphatic heterocycles. The van der Waals surface area contributed by atoms with Crippen molar-refractivity contribution in [2.45, 2.75) is 24.9 Å². The second kappa shape index (κ2) is 8.32. The van der Waals surface area contributed by atoms with Crippen LogP contribution in [0, 0.1) is 5.41 Å². The molecular formula is C30H24ClNO5. The molecule has 37 heavy (non-hydrogen) atoms. The lowest BCUT2D eigenvalue weighted by Gasteiger charge is -2.37. The average molecular weight is 514 g/mol. The fourth-order valence-electron chi connectivity index (χ4n) is 6.52. The van der Waals surface area contributed by atoms with Gasteiger partial charge in [-0.15, -0.1) is 0 Å². The Morgan fingerprint density at radius 2 is 1.59 bits per heavy atom. The summed E-state index contributed by atoms with van der Waals surface area (Å²) < 4.78 is 11.0. The quantitative estimate of drug-likeness (QED) is 0.436. The van der Waals surface area contributed by atoms with Crippen molar-refractivity contribution < 1.29 is 23.9 Å². The van der Waals surface area contributed by atoms with Gasteiger partial charge in [0.1, 0.15) is 5.41 Å². The predicted molar refractivity (Wildman–Crippen MR) is 141 cm³/mol. The summed E-state index contributed by atoms with van der Waals surface area (Å²) in [5.41, 5.74) is 1.48. The maximum absolute atomic E-state index is 14.4. The van der Waals surface area contributed by atoms with E-state index in [9.17, 15) is 14.4 Å². The minimum absolute atomic E-state index is 0.144. The van der Waals surface area contributed by atoms with Crippen molar-refractivity contribution >= 4 is 40.7 Å². The van der Waals surface area contributed by atoms with Crippen molar-refractivity contribution in [3.05, 3.63) is 94.0 Å². The van der Waals surface area contributed by atoms with E-state index in [1.165, 1.54) is 14.0 Å². The monoisotopic (exact) mass is 513 g/mol. The van der Waals surface area contributed by atoms with Crippen LogP contribution < -0.4 is 14.4 Å². The van der Waals surface area contributed by atoms with E-state index in [4.69, 9.17) is 21.1 Å². The number of carbonyl (C=O) groups excluding carboxylic acids is 3. The second-order valence-electron chi connectivity index (χ2n) is 9.63. The molecule has 6 nitrogen and oxygen atoms in total. The highest BCUT2D eigenvalue weighted by molar-refractivity contribution is 6.32. The predicted octanol–water partition coefficient (Wildman–Crippen LogP) is 5.38. The Balaban J connectivity index is 1.67. The van der Waals surface area contributed by atoms with Crippen LogP contribution >= 0.6 is 11.6 Å². The van der Waals surface area contributed by atoms with Gasteiger partial charge in [0.05, 0.1) is 26.3 Å². The second-order valence-corrected chi connectivity index (χ2v) is 10.1. The Morgan fingerprint density at radius 1 is 0.919 bits per heavy atom. The molecule has 0 saturated carbocycles. The first-order valence-electron chi connectivity index (χ1n) is 12.0. The van der Waals surface area contributed by atoms with E-state index in [0.717, 1.165) is 11.3 Å². The number of benzene rings is 3. The molecule has 0 unspecified atom stereocenters. The molecule has 6 rings (SSSR count). The summed E-state index contributed by atoms with van der Waals surface area (Å²) in [4.78, 5) is 44.3. The zero-order valence-corrected chi connectivity index (χ0v) is 21.3. The van der Waals surface area contributed by atoms with Gasteiger partial charge < -0.3 is 14.4 Å². The van der Waals surface area contributed by atoms with Crippen LogP contribution in [0.25, 0.3) is 6.08 Å². The number of nitrogens with zero attached hydrogens (tertiary/aromatic N) is 1. The molecule has 7 heteroatoms. The van der Waals surface area contributed by atoms with E-state index < -0.39 is 23.4 Å². The van der Waals surface area contributed by atoms with Crippen LogP contribution in [-0.2, 0) is 4.79 Å². The van der Waals surface area contributed by atoms with E-state index in [1.807, 2.05) is 35.3 Å². The lowest BCUT2D eigenvalue weighted by molar-refractivity contribution is -0.118. The molecule has 0 amide bonds. The van der Waals surface area contributed by atoms with Crippen molar-refractivity contribution in [2.75, 3.05) is 19.1 Å². The highest BCUT2D eigenvalue weighted by atomic mass is 35.5. The highest BCUT2D eigenvalue weighted by Gasteiger charge is 2.71. The standard InChI is InChI=1S/C30H24ClNO5/c1-16(33)27-26(18-8-12-23(36-2)24(15-18)37-3)30(28(34)20-6-4-5-7-21(20)29(30)35)25-13-9-17-14-19(31)10-11-22(17)32(25)27/h4-15,25-27H,1-3H3/t25-,26+,27+/m1/s1. The summed E-state index contributed by atoms with van der Waals surface area (Å²) in [5, 5.41) is 0.562. The number of Topliss-reactive ketones (excluding diaryl/α,β-unsaturated/α-hetero) is 3. The number of ketones is 3. The van der Waals surface area contributed by atoms with Crippen molar-refractivity contribution in [1.82, 2.24) is 0 Å². The van der Waals surface area contributed by atoms with Gasteiger partial charge in [-0.3, -0.25) is 14.4 Å². The Hall–Kier alpha value is -3.90. The van der Waals surface area contributed by atoms with Crippen LogP contribution in [-0.4, -0.2) is 43.7 Å². The number of rotatable bonds is 4. The lowest BCUT2D eigenvalue weighted by atomic mass is 9.64. The average Bonchev–Trinajstić information content (AvgIpc) is 3.34. The third-order valence-corrected chi connectivity index (χ3v) is 8.18. The van der Waals surface area contributed by atoms with E-state index in [0.29, 0.717) is 33.2 Å². The molecule has 3 aromatic carbocycles. The molecule has 0 radical (unpaired) electrons. The third-order valence-electron chi connectivity index (χ3n) is 7.95. The molecule has 1 fully saturated rings. The van der Waals surface area contributed by atoms with Gasteiger partial charge in [0, 0.05) is 27.8 Å². The molecule has 0 aromatic heterocycles. The number of halogens is 1. The van der Waals surface area contributed by atoms with E-state index in [-0.39, 0.29) is 17.3 Å². The van der Waals surface area contributed by atoms with Crippen molar-refractivity contribution in [1.29, 1.82) is 0 Å². The molecule has 3 atom stereocenters. The number of anilines is 1. The zero-order chi connectivity index (χ0) is 26.1. The van der Waals surface area contributed by atoms with E-state index in [1.54, 1.807) is 49.6 Å². The van der Waals surface area contributed by atoms with Gasteiger partial charge in [0.25, 0.3) is 0 Å². The van der Waals surface area contributed by atoms with Gasteiger partial charge in [-0.25, -0.2) is 0 Å². The number of hydrogen-bond donors (Lipinski definition) is 0. The number of fused-ring (bicyclic) bond motifs is 5. The Labute approximate surface area is 219 Å². The van der Waals surface area contributed by atoms with Gasteiger partial charge in [0.15, 0.2) is 28.8 Å². The van der Waals surface area contributed by atoms with Crippen LogP contribution in [0.1, 0.15) is 44.7 Å². The number of hydrogen-bond acceptors (Lipinski definition) is 6. The molecular weight excluding hydrogens is 490 g/mol. The number of carbonyl (C=O) groups is 3. The largest absolute Gasteiger partial charge is 0.493 e. The molecule has 3 aliphatic rings. The van der Waals surface area contributed by atoms with Gasteiger partial charge in [0.2, 0.25) is 0 Å². The van der Waals surface area contributed by atoms with Gasteiger partial charge >= 0.3 is 0 Å². The lowest BCUT2D eigenvalue weighted by Crippen LogP contribution is -2.48. The van der Waals surface area contributed by atoms with Gasteiger partial charge in [-0.1, -0.05) is 54.1 Å². The Bertz CT molecular complexity index is 1490. The summed E-state index contributed by atoms with van der Waals surface area (Å²) in [6, 6.07) is 16.2. The Morgan fingerprint density at radius 3 is 2.22 bits per heavy atom. The first kappa shape index (κ1) is 23.5. The highest BCUT2D eigenvalue weighted by Crippen LogP contribution is 2.61. The molecule has 1 saturated heterocycles. The molecule has 1 aliphatic carbocycles.